The van der Waals surface area contributed by atoms with Gasteiger partial charge >= 0.3 is 0 Å². The number of rotatable bonds is 10. The number of fused-ring (bicyclic) bond motifs is 1. The molecular formula is C25H26FN4O9P-2. The molecule has 15 heteroatoms. The Labute approximate surface area is 244 Å². The van der Waals surface area contributed by atoms with E-state index in [1.54, 1.807) is 0 Å². The molecule has 2 aromatic heterocycles. The number of methoxy groups -OCH3 is 3. The fraction of sp³-hybridized carbons (Fsp3) is 0.360. The Morgan fingerprint density at radius 2 is 1.85 bits per heavy atom. The first kappa shape index (κ1) is 17.8. The summed E-state index contributed by atoms with van der Waals surface area (Å²) in [6, 6.07) is 1.17. The molecule has 4 rings (SSSR count). The first-order valence-electron chi connectivity index (χ1n) is 16.4. The molecule has 0 spiro atoms. The van der Waals surface area contributed by atoms with Gasteiger partial charge < -0.3 is 37.8 Å². The Morgan fingerprint density at radius 3 is 2.45 bits per heavy atom. The number of nitrogens with zero attached hydrogens (tertiary/aromatic N) is 4. The summed E-state index contributed by atoms with van der Waals surface area (Å²) in [5.74, 6) is -5.99. The topological polar surface area (TPSA) is 168 Å². The lowest BCUT2D eigenvalue weighted by molar-refractivity contribution is -0.341. The average Bonchev–Trinajstić information content (AvgIpc) is 2.98. The lowest BCUT2D eigenvalue weighted by Gasteiger charge is -2.39. The minimum atomic E-state index is -6.31. The summed E-state index contributed by atoms with van der Waals surface area (Å²) in [5.41, 5.74) is -4.79. The number of pyridine rings is 1. The number of carbonyl (C=O) groups excluding carboxylic acids is 1. The van der Waals surface area contributed by atoms with Gasteiger partial charge in [-0.15, -0.1) is 0 Å². The second kappa shape index (κ2) is 11.3. The molecule has 1 aliphatic rings. The quantitative estimate of drug-likeness (QED) is 0.314. The van der Waals surface area contributed by atoms with E-state index in [2.05, 4.69) is 19.5 Å². The van der Waals surface area contributed by atoms with Crippen molar-refractivity contribution in [3.05, 3.63) is 59.0 Å². The summed E-state index contributed by atoms with van der Waals surface area (Å²) in [4.78, 5) is 47.9. The molecule has 1 aliphatic heterocycles. The molecule has 13 nitrogen and oxygen atoms in total. The zero-order valence-corrected chi connectivity index (χ0v) is 21.8. The summed E-state index contributed by atoms with van der Waals surface area (Å²) >= 11 is 0. The minimum Gasteiger partial charge on any atom is -0.790 e. The number of anilines is 1. The molecule has 0 atom stereocenters. The summed E-state index contributed by atoms with van der Waals surface area (Å²) < 4.78 is 140. The summed E-state index contributed by atoms with van der Waals surface area (Å²) in [5, 5.41) is 0. The van der Waals surface area contributed by atoms with E-state index in [0.717, 1.165) is 12.1 Å². The van der Waals surface area contributed by atoms with E-state index < -0.39 is 86.7 Å². The van der Waals surface area contributed by atoms with Crippen molar-refractivity contribution < 1.29 is 62.1 Å². The number of aromatic nitrogens is 3. The molecule has 1 aromatic carbocycles. The predicted molar refractivity (Wildman–Crippen MR) is 134 cm³/mol. The Balaban J connectivity index is 1.86. The normalized spacial score (nSPS) is 19.4. The van der Waals surface area contributed by atoms with Crippen LogP contribution in [0.15, 0.2) is 30.4 Å². The third kappa shape index (κ3) is 6.31. The van der Waals surface area contributed by atoms with Gasteiger partial charge in [0.1, 0.15) is 12.5 Å². The Morgan fingerprint density at radius 1 is 1.15 bits per heavy atom. The van der Waals surface area contributed by atoms with Gasteiger partial charge in [-0.05, 0) is 43.5 Å². The smallest absolute Gasteiger partial charge is 0.273 e. The van der Waals surface area contributed by atoms with Crippen molar-refractivity contribution in [2.75, 3.05) is 32.9 Å². The van der Waals surface area contributed by atoms with Crippen LogP contribution in [0.2, 0.25) is 0 Å². The molecule has 0 radical (unpaired) electrons. The highest BCUT2D eigenvalue weighted by Gasteiger charge is 2.42. The van der Waals surface area contributed by atoms with Crippen LogP contribution < -0.4 is 33.6 Å². The zero-order valence-electron chi connectivity index (χ0n) is 31.9. The third-order valence-corrected chi connectivity index (χ3v) is 5.46. The number of amides is 1. The van der Waals surface area contributed by atoms with Gasteiger partial charge in [0.15, 0.2) is 34.5 Å². The van der Waals surface area contributed by atoms with Crippen molar-refractivity contribution >= 4 is 19.5 Å². The number of hydrogen-bond acceptors (Lipinski definition) is 12. The SMILES string of the molecule is [2H]c1nc(Cc2c([2H])c(OC)c(OC)c(OC)c2[2H])nc(Cc2ccc3c(n2)N(C([2H])([2H])OP(=O)([O-])[O-])C(=O)C(C([2H])([2H])[2H])(C([2H])([2H])[2H])O3)c1F. The lowest BCUT2D eigenvalue weighted by Crippen LogP contribution is -2.53. The van der Waals surface area contributed by atoms with Crippen LogP contribution in [0.4, 0.5) is 10.2 Å². The molecule has 0 saturated heterocycles. The van der Waals surface area contributed by atoms with Crippen LogP contribution in [0, 0.1) is 5.82 Å². The minimum absolute atomic E-state index is 0.0475. The van der Waals surface area contributed by atoms with Crippen LogP contribution >= 0.6 is 7.82 Å². The Hall–Kier alpha value is -3.84. The van der Waals surface area contributed by atoms with Gasteiger partial charge in [0.05, 0.1) is 47.9 Å². The number of hydrogen-bond donors (Lipinski definition) is 0. The van der Waals surface area contributed by atoms with E-state index in [4.69, 9.17) is 34.0 Å². The maximum absolute atomic E-state index is 15.3. The maximum Gasteiger partial charge on any atom is 0.273 e. The van der Waals surface area contributed by atoms with Crippen LogP contribution in [0.3, 0.4) is 0 Å². The van der Waals surface area contributed by atoms with Crippen molar-refractivity contribution in [3.63, 3.8) is 0 Å². The highest BCUT2D eigenvalue weighted by atomic mass is 31.2. The fourth-order valence-corrected chi connectivity index (χ4v) is 3.65. The molecule has 0 unspecified atom stereocenters. The van der Waals surface area contributed by atoms with Crippen LogP contribution in [0.25, 0.3) is 0 Å². The van der Waals surface area contributed by atoms with Gasteiger partial charge in [-0.1, -0.05) is 0 Å². The van der Waals surface area contributed by atoms with Crippen molar-refractivity contribution in [1.29, 1.82) is 0 Å². The van der Waals surface area contributed by atoms with Gasteiger partial charge in [-0.3, -0.25) is 9.69 Å². The van der Waals surface area contributed by atoms with Gasteiger partial charge in [-0.2, -0.15) is 0 Å². The second-order valence-electron chi connectivity index (χ2n) is 7.87. The average molecular weight is 588 g/mol. The van der Waals surface area contributed by atoms with Crippen LogP contribution in [-0.4, -0.2) is 54.5 Å². The summed E-state index contributed by atoms with van der Waals surface area (Å²) in [6.45, 7) is -11.8. The number of ether oxygens (including phenoxy) is 4. The van der Waals surface area contributed by atoms with E-state index in [9.17, 15) is 19.1 Å². The van der Waals surface area contributed by atoms with Crippen LogP contribution in [-0.2, 0) is 26.7 Å². The number of carbonyl (C=O) groups is 1. The van der Waals surface area contributed by atoms with Gasteiger partial charge in [0, 0.05) is 26.8 Å². The first-order valence-corrected chi connectivity index (χ1v) is 12.4. The third-order valence-electron chi connectivity index (χ3n) is 5.16. The molecule has 40 heavy (non-hydrogen) atoms. The predicted octanol–water partition coefficient (Wildman–Crippen LogP) is 1.52. The summed E-state index contributed by atoms with van der Waals surface area (Å²) in [6.07, 6.45) is -2.06. The molecule has 1 amide bonds. The molecule has 0 bridgehead atoms. The second-order valence-corrected chi connectivity index (χ2v) is 8.95. The molecule has 0 N–H and O–H groups in total. The van der Waals surface area contributed by atoms with Crippen molar-refractivity contribution in [2.24, 2.45) is 0 Å². The van der Waals surface area contributed by atoms with E-state index in [0.29, 0.717) is 0 Å². The van der Waals surface area contributed by atoms with Gasteiger partial charge in [0.2, 0.25) is 5.75 Å². The van der Waals surface area contributed by atoms with E-state index in [1.165, 1.54) is 21.3 Å². The highest BCUT2D eigenvalue weighted by Crippen LogP contribution is 2.39. The van der Waals surface area contributed by atoms with Crippen molar-refractivity contribution in [3.8, 4) is 23.0 Å². The number of halogens is 1. The molecule has 214 valence electrons. The Bertz CT molecular complexity index is 1880. The molecule has 3 heterocycles. The lowest BCUT2D eigenvalue weighted by atomic mass is 10.1. The molecule has 3 aromatic rings. The number of benzene rings is 1. The Kier molecular flexibility index (Phi) is 5.04. The maximum atomic E-state index is 15.3. The van der Waals surface area contributed by atoms with Crippen LogP contribution in [0.5, 0.6) is 23.0 Å². The molecule has 0 fully saturated rings. The number of phosphoric ester groups is 1. The van der Waals surface area contributed by atoms with E-state index >= 15 is 4.39 Å². The molecule has 0 saturated carbocycles. The monoisotopic (exact) mass is 587 g/mol. The van der Waals surface area contributed by atoms with Crippen LogP contribution in [0.1, 0.15) is 51.6 Å². The van der Waals surface area contributed by atoms with E-state index in [-0.39, 0.29) is 46.4 Å². The first-order chi connectivity index (χ1) is 23.3. The van der Waals surface area contributed by atoms with Crippen molar-refractivity contribution in [2.45, 2.75) is 32.1 Å². The van der Waals surface area contributed by atoms with E-state index in [1.807, 2.05) is 0 Å². The zero-order chi connectivity index (χ0) is 38.6. The standard InChI is InChI=1S/C25H28FN4O9P/c1-25(2)24(31)30(13-38-40(32,33)34)23-18(39-25)7-6-15(28-23)11-17-16(26)12-27-21(29-17)10-14-8-19(35-3)22(37-5)20(9-14)36-4/h6-9,12H,10-11,13H2,1-5H3,(H2,32,33,34)/p-2/i1D3,2D3,8D,9D,12D,13D2. The van der Waals surface area contributed by atoms with Crippen molar-refractivity contribution in [1.82, 2.24) is 15.0 Å². The van der Waals surface area contributed by atoms with Gasteiger partial charge in [0.25, 0.3) is 5.91 Å². The summed E-state index contributed by atoms with van der Waals surface area (Å²) in [7, 11) is -2.56. The largest absolute Gasteiger partial charge is 0.790 e. The molecule has 0 aliphatic carbocycles. The molecular weight excluding hydrogens is 550 g/mol. The number of phosphoric acid groups is 1. The van der Waals surface area contributed by atoms with Gasteiger partial charge in [-0.25, -0.2) is 19.3 Å². The highest BCUT2D eigenvalue weighted by molar-refractivity contribution is 7.43. The fourth-order valence-electron chi connectivity index (χ4n) is 3.47.